The Morgan fingerprint density at radius 3 is 1.97 bits per heavy atom. The van der Waals surface area contributed by atoms with E-state index in [-0.39, 0.29) is 10.5 Å². The third-order valence-corrected chi connectivity index (χ3v) is 11.7. The summed E-state index contributed by atoms with van der Waals surface area (Å²) in [5, 5.41) is 0. The second-order valence-corrected chi connectivity index (χ2v) is 13.9. The molecule has 0 aromatic heterocycles. The predicted molar refractivity (Wildman–Crippen MR) is 134 cm³/mol. The molecule has 176 valence electrons. The Kier molecular flexibility index (Phi) is 5.51. The van der Waals surface area contributed by atoms with E-state index in [0.717, 1.165) is 11.2 Å². The Labute approximate surface area is 203 Å². The second-order valence-electron chi connectivity index (χ2n) is 10.2. The first kappa shape index (κ1) is 22.2. The summed E-state index contributed by atoms with van der Waals surface area (Å²) in [6.07, 6.45) is 5.50. The van der Waals surface area contributed by atoms with Gasteiger partial charge in [0.25, 0.3) is 0 Å². The van der Waals surface area contributed by atoms with Crippen molar-refractivity contribution < 1.29 is 13.0 Å². The van der Waals surface area contributed by atoms with Gasteiger partial charge in [-0.2, -0.15) is 0 Å². The molecule has 4 saturated carbocycles. The molecule has 4 aliphatic carbocycles. The lowest BCUT2D eigenvalue weighted by atomic mass is 9.56. The SMILES string of the molecule is O=S(=O)([O-])C12CC3CC(CC(C3)C1)C2.c1ccc(S2=c3ccccc3=[O+]c3ccccc32)cc1. The summed E-state index contributed by atoms with van der Waals surface area (Å²) in [4.78, 5) is 2.59. The van der Waals surface area contributed by atoms with E-state index in [9.17, 15) is 13.0 Å². The van der Waals surface area contributed by atoms with E-state index in [4.69, 9.17) is 4.42 Å². The number of rotatable bonds is 2. The van der Waals surface area contributed by atoms with Crippen LogP contribution in [0.25, 0.3) is 0 Å². The van der Waals surface area contributed by atoms with Crippen LogP contribution in [0.4, 0.5) is 0 Å². The number of fused-ring (bicyclic) bond motifs is 2. The zero-order chi connectivity index (χ0) is 23.3. The number of para-hydroxylation sites is 2. The normalized spacial score (nSPS) is 30.4. The van der Waals surface area contributed by atoms with Crippen molar-refractivity contribution in [3.05, 3.63) is 93.2 Å². The van der Waals surface area contributed by atoms with Crippen molar-refractivity contribution in [1.29, 1.82) is 0 Å². The molecule has 1 atom stereocenters. The summed E-state index contributed by atoms with van der Waals surface area (Å²) < 4.78 is 40.4. The van der Waals surface area contributed by atoms with Crippen molar-refractivity contribution in [2.45, 2.75) is 53.1 Å². The van der Waals surface area contributed by atoms with Crippen molar-refractivity contribution >= 4 is 20.6 Å². The lowest BCUT2D eigenvalue weighted by Gasteiger charge is -2.57. The van der Waals surface area contributed by atoms with Gasteiger partial charge in [0.05, 0.1) is 4.75 Å². The molecular formula is C28H28O4S2. The minimum Gasteiger partial charge on any atom is -0.748 e. The third kappa shape index (κ3) is 3.86. The topological polar surface area (TPSA) is 68.5 Å². The van der Waals surface area contributed by atoms with Crippen LogP contribution in [-0.4, -0.2) is 17.7 Å². The first-order valence-electron chi connectivity index (χ1n) is 12.0. The van der Waals surface area contributed by atoms with Gasteiger partial charge in [0.1, 0.15) is 19.5 Å². The Balaban J connectivity index is 0.000000136. The van der Waals surface area contributed by atoms with Crippen molar-refractivity contribution in [3.63, 3.8) is 0 Å². The Hall–Kier alpha value is -2.28. The molecule has 0 radical (unpaired) electrons. The highest BCUT2D eigenvalue weighted by atomic mass is 32.2. The fourth-order valence-corrected chi connectivity index (χ4v) is 10.3. The summed E-state index contributed by atoms with van der Waals surface area (Å²) in [6.45, 7) is 0. The van der Waals surface area contributed by atoms with Crippen LogP contribution in [0.5, 0.6) is 5.75 Å². The zero-order valence-electron chi connectivity index (χ0n) is 18.9. The van der Waals surface area contributed by atoms with Gasteiger partial charge in [-0.05, 0) is 80.5 Å². The minimum absolute atomic E-state index is 0.0829. The maximum Gasteiger partial charge on any atom is 0.366 e. The van der Waals surface area contributed by atoms with Crippen LogP contribution in [0.3, 0.4) is 0 Å². The second kappa shape index (κ2) is 8.43. The molecule has 1 aliphatic heterocycles. The molecule has 1 heterocycles. The summed E-state index contributed by atoms with van der Waals surface area (Å²) in [7, 11) is -4.15. The van der Waals surface area contributed by atoms with Crippen molar-refractivity contribution in [2.24, 2.45) is 17.8 Å². The lowest BCUT2D eigenvalue weighted by molar-refractivity contribution is 0.0299. The quantitative estimate of drug-likeness (QED) is 0.191. The van der Waals surface area contributed by atoms with Crippen LogP contribution in [0.2, 0.25) is 0 Å². The highest BCUT2D eigenvalue weighted by Crippen LogP contribution is 2.58. The number of hydrogen-bond acceptors (Lipinski definition) is 3. The minimum atomic E-state index is -4.07. The van der Waals surface area contributed by atoms with Crippen LogP contribution >= 0.6 is 10.5 Å². The van der Waals surface area contributed by atoms with Crippen molar-refractivity contribution in [3.8, 4) is 5.75 Å². The van der Waals surface area contributed by atoms with E-state index in [1.165, 1.54) is 33.6 Å². The molecule has 3 aromatic carbocycles. The van der Waals surface area contributed by atoms with E-state index in [1.54, 1.807) is 0 Å². The first-order chi connectivity index (χ1) is 16.4. The molecule has 0 spiro atoms. The van der Waals surface area contributed by atoms with Gasteiger partial charge in [-0.1, -0.05) is 52.9 Å². The molecule has 0 saturated heterocycles. The lowest BCUT2D eigenvalue weighted by Crippen LogP contribution is -2.54. The van der Waals surface area contributed by atoms with Crippen LogP contribution in [0.1, 0.15) is 38.5 Å². The largest absolute Gasteiger partial charge is 0.748 e. The molecule has 5 aliphatic rings. The Morgan fingerprint density at radius 2 is 1.32 bits per heavy atom. The highest BCUT2D eigenvalue weighted by molar-refractivity contribution is 8.09. The molecule has 4 bridgehead atoms. The molecule has 34 heavy (non-hydrogen) atoms. The maximum atomic E-state index is 11.3. The molecule has 1 unspecified atom stereocenters. The fourth-order valence-electron chi connectivity index (χ4n) is 6.79. The number of benzene rings is 3. The predicted octanol–water partition coefficient (Wildman–Crippen LogP) is 6.17. The zero-order valence-corrected chi connectivity index (χ0v) is 20.6. The Morgan fingerprint density at radius 1 is 0.765 bits per heavy atom. The standard InChI is InChI=1S/C18H13OS.C10H16O3S/c1-2-8-14(9-3-1)20-17-12-6-4-10-15(17)19-16-11-5-7-13-18(16)20;11-14(12,13)10-4-7-1-8(5-10)3-9(2-7)6-10/h1-13H;7-9H,1-6H2,(H,11,12,13)/q+1;/p-1. The van der Waals surface area contributed by atoms with Crippen LogP contribution < -0.4 is 5.43 Å². The highest BCUT2D eigenvalue weighted by Gasteiger charge is 2.54. The molecule has 4 nitrogen and oxygen atoms in total. The number of hydrogen-bond donors (Lipinski definition) is 0. The summed E-state index contributed by atoms with van der Waals surface area (Å²) in [6, 6.07) is 27.3. The van der Waals surface area contributed by atoms with Gasteiger partial charge in [-0.25, -0.2) is 12.8 Å². The van der Waals surface area contributed by atoms with Crippen LogP contribution in [-0.2, 0) is 10.1 Å². The molecule has 6 heteroatoms. The van der Waals surface area contributed by atoms with E-state index >= 15 is 0 Å². The van der Waals surface area contributed by atoms with Gasteiger partial charge in [0.2, 0.25) is 0 Å². The van der Waals surface area contributed by atoms with Gasteiger partial charge in [-0.15, -0.1) is 0 Å². The van der Waals surface area contributed by atoms with Crippen LogP contribution in [0, 0.1) is 22.3 Å². The van der Waals surface area contributed by atoms with E-state index in [2.05, 4.69) is 54.6 Å². The molecular weight excluding hydrogens is 464 g/mol. The van der Waals surface area contributed by atoms with E-state index in [0.29, 0.717) is 37.0 Å². The van der Waals surface area contributed by atoms with Gasteiger partial charge in [-0.3, -0.25) is 0 Å². The fraction of sp³-hybridized carbons (Fsp3) is 0.357. The summed E-state index contributed by atoms with van der Waals surface area (Å²) in [5.74, 6) is 2.57. The van der Waals surface area contributed by atoms with Gasteiger partial charge in [0, 0.05) is 17.0 Å². The molecule has 4 fully saturated rings. The molecule has 0 amide bonds. The van der Waals surface area contributed by atoms with Gasteiger partial charge >= 0.3 is 11.2 Å². The Bertz CT molecular complexity index is 1430. The van der Waals surface area contributed by atoms with E-state index < -0.39 is 14.9 Å². The van der Waals surface area contributed by atoms with Crippen molar-refractivity contribution in [2.75, 3.05) is 0 Å². The summed E-state index contributed by atoms with van der Waals surface area (Å²) >= 11 is 0. The van der Waals surface area contributed by atoms with Crippen molar-refractivity contribution in [1.82, 2.24) is 0 Å². The molecule has 0 N–H and O–H groups in total. The third-order valence-electron chi connectivity index (χ3n) is 7.85. The smallest absolute Gasteiger partial charge is 0.366 e. The molecule has 8 rings (SSSR count). The summed E-state index contributed by atoms with van der Waals surface area (Å²) in [5.41, 5.74) is 0.971. The van der Waals surface area contributed by atoms with Gasteiger partial charge in [0.15, 0.2) is 0 Å². The van der Waals surface area contributed by atoms with Crippen LogP contribution in [0.15, 0.2) is 93.1 Å². The average molecular weight is 493 g/mol. The monoisotopic (exact) mass is 492 g/mol. The van der Waals surface area contributed by atoms with Gasteiger partial charge < -0.3 is 4.55 Å². The molecule has 3 aromatic rings. The average Bonchev–Trinajstić information content (AvgIpc) is 2.82. The maximum absolute atomic E-state index is 11.3. The van der Waals surface area contributed by atoms with E-state index in [1.807, 2.05) is 24.3 Å². The first-order valence-corrected chi connectivity index (χ1v) is 14.7.